The molecule has 0 atom stereocenters. The minimum Gasteiger partial charge on any atom is -0.435 e. The monoisotopic (exact) mass is 365 g/mol. The molecule has 3 N–H and O–H groups in total. The average Bonchev–Trinajstić information content (AvgIpc) is 2.52. The third-order valence-electron chi connectivity index (χ3n) is 2.78. The minimum absolute atomic E-state index is 0.326. The summed E-state index contributed by atoms with van der Waals surface area (Å²) in [6.45, 7) is 0. The number of nitrogens with zero attached hydrogens (tertiary/aromatic N) is 3. The number of benzene rings is 1. The number of hydrazine groups is 1. The van der Waals surface area contributed by atoms with Crippen molar-refractivity contribution in [3.63, 3.8) is 0 Å². The molecule has 0 fully saturated rings. The largest absolute Gasteiger partial charge is 0.435 e. The molecule has 0 spiro atoms. The summed E-state index contributed by atoms with van der Waals surface area (Å²) in [5, 5.41) is 1.41. The molecule has 0 radical (unpaired) electrons. The molecule has 0 bridgehead atoms. The summed E-state index contributed by atoms with van der Waals surface area (Å²) < 4.78 is 6.33. The molecule has 0 amide bonds. The fourth-order valence-corrected chi connectivity index (χ4v) is 2.44. The number of anilines is 1. The fraction of sp³-hybridized carbons (Fsp3) is 0. The Balaban J connectivity index is 2.09. The van der Waals surface area contributed by atoms with Crippen LogP contribution in [0.25, 0.3) is 10.9 Å². The van der Waals surface area contributed by atoms with Gasteiger partial charge >= 0.3 is 0 Å². The van der Waals surface area contributed by atoms with E-state index in [2.05, 4.69) is 36.3 Å². The van der Waals surface area contributed by atoms with E-state index in [9.17, 15) is 0 Å². The van der Waals surface area contributed by atoms with Crippen LogP contribution in [0.3, 0.4) is 0 Å². The zero-order valence-electron chi connectivity index (χ0n) is 10.5. The molecule has 3 rings (SSSR count). The summed E-state index contributed by atoms with van der Waals surface area (Å²) in [6.07, 6.45) is 3.02. The number of rotatable bonds is 3. The Labute approximate surface area is 133 Å². The number of ether oxygens (including phenoxy) is 1. The first-order valence-electron chi connectivity index (χ1n) is 5.89. The third-order valence-corrected chi connectivity index (χ3v) is 3.82. The first-order valence-corrected chi connectivity index (χ1v) is 7.06. The number of pyridine rings is 1. The van der Waals surface area contributed by atoms with Crippen molar-refractivity contribution in [2.45, 2.75) is 0 Å². The molecule has 0 aliphatic carbocycles. The van der Waals surface area contributed by atoms with E-state index in [1.165, 1.54) is 6.33 Å². The smallest absolute Gasteiger partial charge is 0.239 e. The van der Waals surface area contributed by atoms with E-state index in [0.29, 0.717) is 32.5 Å². The summed E-state index contributed by atoms with van der Waals surface area (Å²) in [6, 6.07) is 7.17. The van der Waals surface area contributed by atoms with E-state index in [1.807, 2.05) is 12.1 Å². The Hall–Kier alpha value is -1.96. The van der Waals surface area contributed by atoms with Crippen LogP contribution in [0.1, 0.15) is 0 Å². The minimum atomic E-state index is 0.326. The summed E-state index contributed by atoms with van der Waals surface area (Å²) in [7, 11) is 0. The van der Waals surface area contributed by atoms with Crippen LogP contribution in [0.2, 0.25) is 5.02 Å². The van der Waals surface area contributed by atoms with Crippen LogP contribution >= 0.6 is 27.5 Å². The van der Waals surface area contributed by atoms with E-state index in [0.717, 1.165) is 5.39 Å². The molecule has 0 aliphatic heterocycles. The van der Waals surface area contributed by atoms with Crippen molar-refractivity contribution >= 4 is 44.3 Å². The summed E-state index contributed by atoms with van der Waals surface area (Å²) in [4.78, 5) is 12.3. The van der Waals surface area contributed by atoms with E-state index in [1.54, 1.807) is 18.3 Å². The van der Waals surface area contributed by atoms with Crippen molar-refractivity contribution in [1.82, 2.24) is 15.0 Å². The lowest BCUT2D eigenvalue weighted by Gasteiger charge is -2.10. The van der Waals surface area contributed by atoms with E-state index in [-0.39, 0.29) is 0 Å². The molecule has 0 unspecified atom stereocenters. The quantitative estimate of drug-likeness (QED) is 0.545. The average molecular weight is 367 g/mol. The van der Waals surface area contributed by atoms with Crippen LogP contribution in [0, 0.1) is 0 Å². The van der Waals surface area contributed by atoms with Crippen LogP contribution in [0.15, 0.2) is 41.3 Å². The highest BCUT2D eigenvalue weighted by molar-refractivity contribution is 9.10. The van der Waals surface area contributed by atoms with Crippen molar-refractivity contribution in [3.05, 3.63) is 46.3 Å². The van der Waals surface area contributed by atoms with E-state index in [4.69, 9.17) is 22.2 Å². The van der Waals surface area contributed by atoms with Gasteiger partial charge in [-0.3, -0.25) is 4.98 Å². The topological polar surface area (TPSA) is 86.0 Å². The highest BCUT2D eigenvalue weighted by Crippen LogP contribution is 2.35. The van der Waals surface area contributed by atoms with Crippen LogP contribution in [-0.2, 0) is 0 Å². The van der Waals surface area contributed by atoms with E-state index < -0.39 is 0 Å². The van der Waals surface area contributed by atoms with Gasteiger partial charge in [0.25, 0.3) is 0 Å². The Morgan fingerprint density at radius 2 is 2.05 bits per heavy atom. The molecule has 1 aromatic carbocycles. The van der Waals surface area contributed by atoms with Gasteiger partial charge in [0.1, 0.15) is 16.3 Å². The molecule has 0 saturated carbocycles. The highest BCUT2D eigenvalue weighted by atomic mass is 79.9. The van der Waals surface area contributed by atoms with Gasteiger partial charge in [-0.25, -0.2) is 15.8 Å². The number of nitrogen functional groups attached to an aromatic ring is 1. The molecule has 0 aliphatic rings. The van der Waals surface area contributed by atoms with Crippen LogP contribution < -0.4 is 16.0 Å². The number of hydrogen-bond donors (Lipinski definition) is 2. The lowest BCUT2D eigenvalue weighted by Crippen LogP contribution is -2.09. The van der Waals surface area contributed by atoms with Gasteiger partial charge in [0.15, 0.2) is 11.6 Å². The Bertz CT molecular complexity index is 814. The fourth-order valence-electron chi connectivity index (χ4n) is 1.82. The summed E-state index contributed by atoms with van der Waals surface area (Å²) in [5.41, 5.74) is 3.10. The van der Waals surface area contributed by atoms with Crippen molar-refractivity contribution in [1.29, 1.82) is 0 Å². The zero-order valence-corrected chi connectivity index (χ0v) is 12.9. The van der Waals surface area contributed by atoms with Gasteiger partial charge in [-0.1, -0.05) is 11.6 Å². The van der Waals surface area contributed by atoms with Crippen molar-refractivity contribution < 1.29 is 4.74 Å². The molecular formula is C13H9BrClN5O. The third kappa shape index (κ3) is 2.63. The number of hydrogen-bond acceptors (Lipinski definition) is 6. The second kappa shape index (κ2) is 5.80. The number of nitrogens with one attached hydrogen (secondary N) is 1. The van der Waals surface area contributed by atoms with Crippen molar-refractivity contribution in [2.75, 3.05) is 5.43 Å². The molecule has 0 saturated heterocycles. The molecule has 106 valence electrons. The normalized spacial score (nSPS) is 10.6. The Morgan fingerprint density at radius 3 is 2.86 bits per heavy atom. The lowest BCUT2D eigenvalue weighted by molar-refractivity contribution is 0.462. The van der Waals surface area contributed by atoms with E-state index >= 15 is 0 Å². The first-order chi connectivity index (χ1) is 10.2. The number of fused-ring (bicyclic) bond motifs is 1. The van der Waals surface area contributed by atoms with Gasteiger partial charge in [-0.15, -0.1) is 0 Å². The summed E-state index contributed by atoms with van der Waals surface area (Å²) >= 11 is 9.49. The Morgan fingerprint density at radius 1 is 1.19 bits per heavy atom. The van der Waals surface area contributed by atoms with Crippen molar-refractivity contribution in [2.24, 2.45) is 5.84 Å². The van der Waals surface area contributed by atoms with Gasteiger partial charge in [0, 0.05) is 11.6 Å². The zero-order chi connectivity index (χ0) is 14.8. The van der Waals surface area contributed by atoms with Gasteiger partial charge in [0.05, 0.1) is 5.02 Å². The number of aromatic nitrogens is 3. The van der Waals surface area contributed by atoms with Crippen molar-refractivity contribution in [3.8, 4) is 11.6 Å². The lowest BCUT2D eigenvalue weighted by atomic mass is 10.2. The molecule has 6 nitrogen and oxygen atoms in total. The van der Waals surface area contributed by atoms with Gasteiger partial charge in [0.2, 0.25) is 5.88 Å². The number of nitrogens with two attached hydrogens (primary N) is 1. The molecular weight excluding hydrogens is 358 g/mol. The molecule has 3 aromatic rings. The van der Waals surface area contributed by atoms with Crippen LogP contribution in [-0.4, -0.2) is 15.0 Å². The maximum atomic E-state index is 6.15. The molecule has 21 heavy (non-hydrogen) atoms. The summed E-state index contributed by atoms with van der Waals surface area (Å²) in [5.74, 6) is 6.66. The second-order valence-electron chi connectivity index (χ2n) is 4.03. The number of halogens is 2. The molecule has 8 heteroatoms. The maximum absolute atomic E-state index is 6.15. The predicted molar refractivity (Wildman–Crippen MR) is 84.4 cm³/mol. The molecule has 2 aromatic heterocycles. The Kier molecular flexibility index (Phi) is 3.87. The first kappa shape index (κ1) is 14.0. The maximum Gasteiger partial charge on any atom is 0.239 e. The van der Waals surface area contributed by atoms with Gasteiger partial charge in [-0.2, -0.15) is 0 Å². The van der Waals surface area contributed by atoms with Crippen LogP contribution in [0.4, 0.5) is 5.82 Å². The second-order valence-corrected chi connectivity index (χ2v) is 5.23. The predicted octanol–water partition coefficient (Wildman–Crippen LogP) is 3.52. The standard InChI is InChI=1S/C13H9BrClN5O/c14-10-12(20-16)18-6-19-13(10)21-9-4-3-8(15)7-2-1-5-17-11(7)9/h1-6H,16H2,(H,18,19,20). The van der Waals surface area contributed by atoms with Crippen LogP contribution in [0.5, 0.6) is 11.6 Å². The van der Waals surface area contributed by atoms with Gasteiger partial charge in [-0.05, 0) is 40.2 Å². The molecule has 2 heterocycles. The highest BCUT2D eigenvalue weighted by Gasteiger charge is 2.13. The van der Waals surface area contributed by atoms with Gasteiger partial charge < -0.3 is 10.2 Å². The SMILES string of the molecule is NNc1ncnc(Oc2ccc(Cl)c3cccnc23)c1Br.